The lowest BCUT2D eigenvalue weighted by Gasteiger charge is -2.39. The van der Waals surface area contributed by atoms with Crippen LogP contribution in [0.25, 0.3) is 9.75 Å². The number of benzene rings is 2. The van der Waals surface area contributed by atoms with Crippen molar-refractivity contribution < 1.29 is 13.5 Å². The fraction of sp³-hybridized carbons (Fsp3) is 0.130. The van der Waals surface area contributed by atoms with E-state index in [0.29, 0.717) is 0 Å². The Kier molecular flexibility index (Phi) is 4.56. The predicted molar refractivity (Wildman–Crippen MR) is 123 cm³/mol. The number of hydrogen-bond donors (Lipinski definition) is 0. The SMILES string of the molecule is Cc1cc2c(s1)-c1sc(C)c(I)c1OC2(c1ccc(F)cc1)c1ccc(F)cc1. The summed E-state index contributed by atoms with van der Waals surface area (Å²) in [4.78, 5) is 4.65. The summed E-state index contributed by atoms with van der Waals surface area (Å²) < 4.78 is 35.4. The molecule has 0 saturated carbocycles. The lowest BCUT2D eigenvalue weighted by atomic mass is 9.78. The van der Waals surface area contributed by atoms with Crippen LogP contribution in [0.2, 0.25) is 0 Å². The third-order valence-electron chi connectivity index (χ3n) is 5.17. The molecule has 4 aromatic rings. The summed E-state index contributed by atoms with van der Waals surface area (Å²) in [6.07, 6.45) is 0. The lowest BCUT2D eigenvalue weighted by molar-refractivity contribution is 0.152. The van der Waals surface area contributed by atoms with Crippen LogP contribution in [0.3, 0.4) is 0 Å². The van der Waals surface area contributed by atoms with Gasteiger partial charge in [0.1, 0.15) is 11.6 Å². The van der Waals surface area contributed by atoms with Gasteiger partial charge in [0.25, 0.3) is 0 Å². The van der Waals surface area contributed by atoms with Crippen molar-refractivity contribution in [3.8, 4) is 15.5 Å². The van der Waals surface area contributed by atoms with Crippen molar-refractivity contribution in [3.05, 3.63) is 96.2 Å². The van der Waals surface area contributed by atoms with Crippen molar-refractivity contribution >= 4 is 45.3 Å². The van der Waals surface area contributed by atoms with E-state index in [1.54, 1.807) is 46.9 Å². The Labute approximate surface area is 189 Å². The van der Waals surface area contributed by atoms with Gasteiger partial charge in [-0.2, -0.15) is 0 Å². The topological polar surface area (TPSA) is 9.23 Å². The van der Waals surface area contributed by atoms with Crippen molar-refractivity contribution in [2.24, 2.45) is 0 Å². The summed E-state index contributed by atoms with van der Waals surface area (Å²) in [5.41, 5.74) is 1.68. The standard InChI is InChI=1S/C23H15F2IOS2/c1-12-11-18-21(28-12)22-20(19(26)13(2)29-22)27-23(18,14-3-7-16(24)8-4-14)15-5-9-17(25)10-6-15/h3-11H,1-2H3. The van der Waals surface area contributed by atoms with Crippen molar-refractivity contribution in [2.75, 3.05) is 0 Å². The van der Waals surface area contributed by atoms with Crippen molar-refractivity contribution in [2.45, 2.75) is 19.4 Å². The molecule has 1 nitrogen and oxygen atoms in total. The maximum absolute atomic E-state index is 13.8. The normalized spacial score (nSPS) is 14.2. The number of fused-ring (bicyclic) bond motifs is 3. The van der Waals surface area contributed by atoms with Gasteiger partial charge in [0.05, 0.1) is 13.3 Å². The smallest absolute Gasteiger partial charge is 0.186 e. The number of rotatable bonds is 2. The first kappa shape index (κ1) is 19.2. The highest BCUT2D eigenvalue weighted by Crippen LogP contribution is 2.58. The molecule has 0 unspecified atom stereocenters. The van der Waals surface area contributed by atoms with Crippen LogP contribution >= 0.6 is 45.3 Å². The van der Waals surface area contributed by atoms with Crippen LogP contribution in [0.1, 0.15) is 26.4 Å². The summed E-state index contributed by atoms with van der Waals surface area (Å²) in [5, 5.41) is 0. The van der Waals surface area contributed by atoms with Crippen LogP contribution < -0.4 is 4.74 Å². The van der Waals surface area contributed by atoms with Gasteiger partial charge in [-0.05, 0) is 66.8 Å². The fourth-order valence-electron chi connectivity index (χ4n) is 3.86. The van der Waals surface area contributed by atoms with E-state index >= 15 is 0 Å². The second-order valence-electron chi connectivity index (χ2n) is 7.03. The largest absolute Gasteiger partial charge is 0.470 e. The Balaban J connectivity index is 1.89. The van der Waals surface area contributed by atoms with Gasteiger partial charge in [0.2, 0.25) is 0 Å². The molecule has 0 radical (unpaired) electrons. The van der Waals surface area contributed by atoms with E-state index in [1.807, 2.05) is 0 Å². The highest BCUT2D eigenvalue weighted by Gasteiger charge is 2.47. The van der Waals surface area contributed by atoms with E-state index in [0.717, 1.165) is 35.8 Å². The molecule has 0 N–H and O–H groups in total. The van der Waals surface area contributed by atoms with Crippen molar-refractivity contribution in [1.29, 1.82) is 0 Å². The molecule has 5 rings (SSSR count). The third kappa shape index (κ3) is 2.87. The van der Waals surface area contributed by atoms with Gasteiger partial charge in [0, 0.05) is 26.4 Å². The molecule has 1 aliphatic rings. The molecule has 6 heteroatoms. The first-order valence-electron chi connectivity index (χ1n) is 9.01. The van der Waals surface area contributed by atoms with E-state index in [4.69, 9.17) is 4.74 Å². The Morgan fingerprint density at radius 2 is 1.38 bits per heavy atom. The molecule has 0 bridgehead atoms. The Morgan fingerprint density at radius 3 is 1.93 bits per heavy atom. The van der Waals surface area contributed by atoms with E-state index in [9.17, 15) is 8.78 Å². The number of halogens is 3. The Morgan fingerprint density at radius 1 is 0.828 bits per heavy atom. The van der Waals surface area contributed by atoms with Crippen LogP contribution in [-0.2, 0) is 5.60 Å². The summed E-state index contributed by atoms with van der Waals surface area (Å²) in [5.74, 6) is 0.237. The Hall–Kier alpha value is -1.77. The number of aryl methyl sites for hydroxylation is 2. The molecule has 0 saturated heterocycles. The molecule has 146 valence electrons. The van der Waals surface area contributed by atoms with E-state index in [2.05, 4.69) is 42.5 Å². The molecule has 1 aliphatic heterocycles. The van der Waals surface area contributed by atoms with Crippen molar-refractivity contribution in [3.63, 3.8) is 0 Å². The van der Waals surface area contributed by atoms with Gasteiger partial charge in [-0.1, -0.05) is 24.3 Å². The second-order valence-corrected chi connectivity index (χ2v) is 10.6. The van der Waals surface area contributed by atoms with Gasteiger partial charge in [-0.3, -0.25) is 0 Å². The van der Waals surface area contributed by atoms with Crippen LogP contribution in [0, 0.1) is 29.1 Å². The molecule has 0 amide bonds. The first-order chi connectivity index (χ1) is 13.9. The zero-order valence-electron chi connectivity index (χ0n) is 15.6. The zero-order valence-corrected chi connectivity index (χ0v) is 19.3. The summed E-state index contributed by atoms with van der Waals surface area (Å²) in [6.45, 7) is 4.17. The summed E-state index contributed by atoms with van der Waals surface area (Å²) >= 11 is 5.78. The highest BCUT2D eigenvalue weighted by molar-refractivity contribution is 14.1. The zero-order chi connectivity index (χ0) is 20.3. The highest BCUT2D eigenvalue weighted by atomic mass is 127. The predicted octanol–water partition coefficient (Wildman–Crippen LogP) is 7.66. The minimum absolute atomic E-state index is 0.304. The van der Waals surface area contributed by atoms with Crippen LogP contribution in [0.15, 0.2) is 54.6 Å². The van der Waals surface area contributed by atoms with Gasteiger partial charge < -0.3 is 4.74 Å². The van der Waals surface area contributed by atoms with E-state index < -0.39 is 5.60 Å². The minimum atomic E-state index is -0.970. The molecule has 3 heterocycles. The summed E-state index contributed by atoms with van der Waals surface area (Å²) in [7, 11) is 0. The third-order valence-corrected chi connectivity index (χ3v) is 9.13. The van der Waals surface area contributed by atoms with Gasteiger partial charge in [-0.15, -0.1) is 22.7 Å². The molecule has 0 atom stereocenters. The molecule has 2 aromatic heterocycles. The number of ether oxygens (including phenoxy) is 1. The molecule has 0 spiro atoms. The number of hydrogen-bond acceptors (Lipinski definition) is 3. The average molecular weight is 536 g/mol. The fourth-order valence-corrected chi connectivity index (χ4v) is 6.93. The molecule has 29 heavy (non-hydrogen) atoms. The quantitative estimate of drug-likeness (QED) is 0.239. The van der Waals surface area contributed by atoms with E-state index in [1.165, 1.54) is 34.0 Å². The second kappa shape index (κ2) is 6.89. The van der Waals surface area contributed by atoms with Crippen molar-refractivity contribution in [1.82, 2.24) is 0 Å². The van der Waals surface area contributed by atoms with Crippen LogP contribution in [0.4, 0.5) is 8.78 Å². The maximum Gasteiger partial charge on any atom is 0.186 e. The Bertz CT molecular complexity index is 1180. The molecule has 0 fully saturated rings. The first-order valence-corrected chi connectivity index (χ1v) is 11.7. The van der Waals surface area contributed by atoms with Crippen LogP contribution in [-0.4, -0.2) is 0 Å². The summed E-state index contributed by atoms with van der Waals surface area (Å²) in [6, 6.07) is 14.9. The number of thiophene rings is 2. The van der Waals surface area contributed by atoms with E-state index in [-0.39, 0.29) is 11.6 Å². The lowest BCUT2D eigenvalue weighted by Crippen LogP contribution is -2.38. The monoisotopic (exact) mass is 536 g/mol. The maximum atomic E-state index is 13.8. The molecular formula is C23H15F2IOS2. The minimum Gasteiger partial charge on any atom is -0.470 e. The van der Waals surface area contributed by atoms with Gasteiger partial charge in [0.15, 0.2) is 11.4 Å². The molecule has 0 aliphatic carbocycles. The average Bonchev–Trinajstić information content (AvgIpc) is 3.23. The van der Waals surface area contributed by atoms with Crippen LogP contribution in [0.5, 0.6) is 5.75 Å². The van der Waals surface area contributed by atoms with Gasteiger partial charge >= 0.3 is 0 Å². The molecule has 2 aromatic carbocycles. The van der Waals surface area contributed by atoms with Gasteiger partial charge in [-0.25, -0.2) is 8.78 Å². The molecular weight excluding hydrogens is 521 g/mol.